The lowest BCUT2D eigenvalue weighted by atomic mass is 9.88. The summed E-state index contributed by atoms with van der Waals surface area (Å²) in [6.45, 7) is 3.28. The molecule has 0 unspecified atom stereocenters. The lowest BCUT2D eigenvalue weighted by molar-refractivity contribution is -0.131. The summed E-state index contributed by atoms with van der Waals surface area (Å²) in [5.74, 6) is 0.942. The molecule has 3 heterocycles. The van der Waals surface area contributed by atoms with Crippen LogP contribution in [0.25, 0.3) is 0 Å². The van der Waals surface area contributed by atoms with Crippen LogP contribution in [0, 0.1) is 5.92 Å². The maximum absolute atomic E-state index is 12.9. The van der Waals surface area contributed by atoms with Crippen LogP contribution in [0.4, 0.5) is 0 Å². The normalized spacial score (nSPS) is 22.4. The highest BCUT2D eigenvalue weighted by molar-refractivity contribution is 5.81. The third-order valence-corrected chi connectivity index (χ3v) is 6.46. The van der Waals surface area contributed by atoms with Crippen molar-refractivity contribution in [3.05, 3.63) is 59.4 Å². The Morgan fingerprint density at radius 2 is 2.22 bits per heavy atom. The Balaban J connectivity index is 1.47. The van der Waals surface area contributed by atoms with E-state index in [1.54, 1.807) is 13.3 Å². The van der Waals surface area contributed by atoms with Gasteiger partial charge in [-0.15, -0.1) is 0 Å². The highest BCUT2D eigenvalue weighted by Gasteiger charge is 2.33. The van der Waals surface area contributed by atoms with Crippen molar-refractivity contribution >= 4 is 5.91 Å². The zero-order chi connectivity index (χ0) is 22.3. The largest absolute Gasteiger partial charge is 0.496 e. The molecule has 2 aliphatic heterocycles. The van der Waals surface area contributed by atoms with E-state index in [1.165, 1.54) is 0 Å². The van der Waals surface area contributed by atoms with Gasteiger partial charge in [-0.3, -0.25) is 14.7 Å². The van der Waals surface area contributed by atoms with Crippen molar-refractivity contribution in [3.8, 4) is 5.75 Å². The molecule has 7 heteroatoms. The second kappa shape index (κ2) is 10.9. The van der Waals surface area contributed by atoms with Gasteiger partial charge in [0.2, 0.25) is 5.91 Å². The van der Waals surface area contributed by atoms with Crippen LogP contribution in [0.5, 0.6) is 5.75 Å². The lowest BCUT2D eigenvalue weighted by Crippen LogP contribution is -2.45. The van der Waals surface area contributed by atoms with E-state index >= 15 is 0 Å². The molecule has 0 aliphatic carbocycles. The fourth-order valence-electron chi connectivity index (χ4n) is 4.84. The Kier molecular flexibility index (Phi) is 7.73. The van der Waals surface area contributed by atoms with Crippen LogP contribution < -0.4 is 10.1 Å². The Bertz CT molecular complexity index is 886. The number of amides is 1. The first-order chi connectivity index (χ1) is 15.7. The third kappa shape index (κ3) is 5.46. The molecule has 2 fully saturated rings. The summed E-state index contributed by atoms with van der Waals surface area (Å²) in [6, 6.07) is 11.7. The number of piperidine rings is 1. The standard InChI is InChI=1S/C25H33N3O4/c1-31-22-10-9-18(14-20(22)17-29)15-28-12-4-6-19(16-28)24(21-7-2-3-11-26-21)27-25(30)23-8-5-13-32-23/h2-3,7,9-11,14,19,23-24,29H,4-6,8,12-13,15-17H2,1H3,(H,27,30)/t19-,23+,24+/m1/s1. The average Bonchev–Trinajstić information content (AvgIpc) is 3.38. The molecule has 4 rings (SSSR count). The van der Waals surface area contributed by atoms with E-state index in [2.05, 4.69) is 21.3 Å². The fraction of sp³-hybridized carbons (Fsp3) is 0.520. The van der Waals surface area contributed by atoms with Crippen LogP contribution >= 0.6 is 0 Å². The van der Waals surface area contributed by atoms with Gasteiger partial charge < -0.3 is 19.9 Å². The van der Waals surface area contributed by atoms with Crippen LogP contribution in [0.15, 0.2) is 42.6 Å². The summed E-state index contributed by atoms with van der Waals surface area (Å²) in [7, 11) is 1.62. The van der Waals surface area contributed by atoms with Crippen molar-refractivity contribution in [1.29, 1.82) is 0 Å². The molecule has 0 bridgehead atoms. The minimum atomic E-state index is -0.350. The second-order valence-electron chi connectivity index (χ2n) is 8.68. The van der Waals surface area contributed by atoms with E-state index in [1.807, 2.05) is 30.3 Å². The Morgan fingerprint density at radius 3 is 2.94 bits per heavy atom. The van der Waals surface area contributed by atoms with Crippen molar-refractivity contribution in [2.75, 3.05) is 26.8 Å². The van der Waals surface area contributed by atoms with Crippen LogP contribution in [-0.2, 0) is 22.7 Å². The van der Waals surface area contributed by atoms with Crippen molar-refractivity contribution < 1.29 is 19.4 Å². The van der Waals surface area contributed by atoms with Gasteiger partial charge in [0.25, 0.3) is 0 Å². The number of carbonyl (C=O) groups is 1. The Labute approximate surface area is 189 Å². The van der Waals surface area contributed by atoms with Gasteiger partial charge in [0.05, 0.1) is 25.5 Å². The molecule has 2 N–H and O–H groups in total. The monoisotopic (exact) mass is 439 g/mol. The smallest absolute Gasteiger partial charge is 0.249 e. The van der Waals surface area contributed by atoms with Crippen molar-refractivity contribution in [3.63, 3.8) is 0 Å². The predicted molar refractivity (Wildman–Crippen MR) is 121 cm³/mol. The predicted octanol–water partition coefficient (Wildman–Crippen LogP) is 2.83. The number of benzene rings is 1. The average molecular weight is 440 g/mol. The van der Waals surface area contributed by atoms with Crippen LogP contribution in [0.3, 0.4) is 0 Å². The number of aliphatic hydroxyl groups excluding tert-OH is 1. The molecule has 2 aromatic rings. The van der Waals surface area contributed by atoms with Crippen LogP contribution in [0.2, 0.25) is 0 Å². The lowest BCUT2D eigenvalue weighted by Gasteiger charge is -2.37. The Morgan fingerprint density at radius 1 is 1.31 bits per heavy atom. The van der Waals surface area contributed by atoms with E-state index in [0.29, 0.717) is 12.4 Å². The summed E-state index contributed by atoms with van der Waals surface area (Å²) in [5, 5.41) is 12.9. The van der Waals surface area contributed by atoms with Gasteiger partial charge in [-0.25, -0.2) is 0 Å². The van der Waals surface area contributed by atoms with Gasteiger partial charge in [0.1, 0.15) is 11.9 Å². The van der Waals surface area contributed by atoms with Gasteiger partial charge >= 0.3 is 0 Å². The summed E-state index contributed by atoms with van der Waals surface area (Å²) >= 11 is 0. The fourth-order valence-corrected chi connectivity index (χ4v) is 4.84. The zero-order valence-corrected chi connectivity index (χ0v) is 18.7. The van der Waals surface area contributed by atoms with Gasteiger partial charge in [-0.05, 0) is 68.0 Å². The molecule has 0 radical (unpaired) electrons. The van der Waals surface area contributed by atoms with E-state index < -0.39 is 0 Å². The number of pyridine rings is 1. The minimum absolute atomic E-state index is 0.0296. The maximum Gasteiger partial charge on any atom is 0.249 e. The number of nitrogens with zero attached hydrogens (tertiary/aromatic N) is 2. The van der Waals surface area contributed by atoms with Gasteiger partial charge in [0, 0.05) is 31.5 Å². The van der Waals surface area contributed by atoms with Crippen molar-refractivity contribution in [2.45, 2.75) is 51.0 Å². The van der Waals surface area contributed by atoms with E-state index in [4.69, 9.17) is 9.47 Å². The number of likely N-dealkylation sites (tertiary alicyclic amines) is 1. The highest BCUT2D eigenvalue weighted by Crippen LogP contribution is 2.31. The first kappa shape index (κ1) is 22.7. The molecular weight excluding hydrogens is 406 g/mol. The number of aromatic nitrogens is 1. The van der Waals surface area contributed by atoms with Gasteiger partial charge in [0.15, 0.2) is 0 Å². The number of rotatable bonds is 8. The van der Waals surface area contributed by atoms with Crippen LogP contribution in [0.1, 0.15) is 48.5 Å². The summed E-state index contributed by atoms with van der Waals surface area (Å²) < 4.78 is 10.9. The highest BCUT2D eigenvalue weighted by atomic mass is 16.5. The van der Waals surface area contributed by atoms with E-state index in [0.717, 1.165) is 62.1 Å². The molecule has 32 heavy (non-hydrogen) atoms. The Hall–Kier alpha value is -2.48. The van der Waals surface area contributed by atoms with Crippen molar-refractivity contribution in [1.82, 2.24) is 15.2 Å². The topological polar surface area (TPSA) is 83.9 Å². The summed E-state index contributed by atoms with van der Waals surface area (Å²) in [4.78, 5) is 19.9. The van der Waals surface area contributed by atoms with Crippen LogP contribution in [-0.4, -0.2) is 53.8 Å². The zero-order valence-electron chi connectivity index (χ0n) is 18.7. The van der Waals surface area contributed by atoms with Gasteiger partial charge in [-0.2, -0.15) is 0 Å². The molecule has 7 nitrogen and oxygen atoms in total. The molecule has 2 aliphatic rings. The molecule has 0 spiro atoms. The molecule has 172 valence electrons. The van der Waals surface area contributed by atoms with Gasteiger partial charge in [-0.1, -0.05) is 12.1 Å². The summed E-state index contributed by atoms with van der Waals surface area (Å²) in [6.07, 6.45) is 5.25. The molecule has 2 saturated heterocycles. The summed E-state index contributed by atoms with van der Waals surface area (Å²) in [5.41, 5.74) is 2.85. The number of nitrogens with one attached hydrogen (secondary N) is 1. The molecule has 3 atom stereocenters. The number of carbonyl (C=O) groups excluding carboxylic acids is 1. The molecule has 1 amide bonds. The second-order valence-corrected chi connectivity index (χ2v) is 8.68. The number of ether oxygens (including phenoxy) is 2. The maximum atomic E-state index is 12.9. The molecule has 0 saturated carbocycles. The first-order valence-electron chi connectivity index (χ1n) is 11.5. The third-order valence-electron chi connectivity index (χ3n) is 6.46. The number of hydrogen-bond acceptors (Lipinski definition) is 6. The molecular formula is C25H33N3O4. The quantitative estimate of drug-likeness (QED) is 0.658. The molecule has 1 aromatic heterocycles. The number of aliphatic hydroxyl groups is 1. The SMILES string of the molecule is COc1ccc(CN2CCC[C@@H]([C@H](NC(=O)[C@@H]3CCCO3)c3ccccn3)C2)cc1CO. The number of hydrogen-bond donors (Lipinski definition) is 2. The van der Waals surface area contributed by atoms with E-state index in [-0.39, 0.29) is 30.6 Å². The minimum Gasteiger partial charge on any atom is -0.496 e. The number of methoxy groups -OCH3 is 1. The van der Waals surface area contributed by atoms with E-state index in [9.17, 15) is 9.90 Å². The molecule has 1 aromatic carbocycles. The first-order valence-corrected chi connectivity index (χ1v) is 11.5. The van der Waals surface area contributed by atoms with Crippen molar-refractivity contribution in [2.24, 2.45) is 5.92 Å².